The molecule has 1 amide bonds. The molecule has 0 fully saturated rings. The smallest absolute Gasteiger partial charge is 0.407 e. The number of hydrogen-bond acceptors (Lipinski definition) is 6. The molecule has 1 aromatic heterocycles. The van der Waals surface area contributed by atoms with Gasteiger partial charge in [0.05, 0.1) is 12.1 Å². The second-order valence-electron chi connectivity index (χ2n) is 6.02. The predicted molar refractivity (Wildman–Crippen MR) is 99.3 cm³/mol. The fourth-order valence-electron chi connectivity index (χ4n) is 2.23. The minimum Gasteiger partial charge on any atom is -0.445 e. The van der Waals surface area contributed by atoms with Crippen LogP contribution in [-0.2, 0) is 21.4 Å². The molecule has 0 saturated heterocycles. The van der Waals surface area contributed by atoms with Crippen molar-refractivity contribution in [3.8, 4) is 0 Å². The summed E-state index contributed by atoms with van der Waals surface area (Å²) in [5.41, 5.74) is 0.835. The second-order valence-corrected chi connectivity index (χ2v) is 8.01. The number of aromatic nitrogens is 1. The van der Waals surface area contributed by atoms with Crippen molar-refractivity contribution < 1.29 is 23.1 Å². The van der Waals surface area contributed by atoms with E-state index in [9.17, 15) is 18.3 Å². The number of aliphatic hydroxyl groups is 1. The molecule has 2 atom stereocenters. The highest BCUT2D eigenvalue weighted by atomic mass is 32.2. The van der Waals surface area contributed by atoms with E-state index in [-0.39, 0.29) is 18.2 Å². The first-order chi connectivity index (χ1) is 12.8. The minimum absolute atomic E-state index is 0.101. The monoisotopic (exact) mass is 393 g/mol. The summed E-state index contributed by atoms with van der Waals surface area (Å²) in [5.74, 6) is 0. The number of pyridine rings is 1. The number of likely N-dealkylation sites (N-methyl/N-ethyl adjacent to an activating group) is 1. The van der Waals surface area contributed by atoms with Gasteiger partial charge in [0.25, 0.3) is 10.0 Å². The van der Waals surface area contributed by atoms with Crippen LogP contribution in [0.4, 0.5) is 4.79 Å². The van der Waals surface area contributed by atoms with Gasteiger partial charge in [-0.05, 0) is 24.6 Å². The first kappa shape index (κ1) is 20.8. The van der Waals surface area contributed by atoms with Crippen LogP contribution in [0.2, 0.25) is 0 Å². The zero-order chi connectivity index (χ0) is 19.9. The van der Waals surface area contributed by atoms with E-state index in [1.54, 1.807) is 19.1 Å². The van der Waals surface area contributed by atoms with Gasteiger partial charge in [0.15, 0.2) is 5.03 Å². The van der Waals surface area contributed by atoms with E-state index >= 15 is 0 Å². The molecule has 1 aromatic carbocycles. The summed E-state index contributed by atoms with van der Waals surface area (Å²) in [6, 6.07) is 13.0. The van der Waals surface area contributed by atoms with Gasteiger partial charge in [-0.3, -0.25) is 0 Å². The van der Waals surface area contributed by atoms with E-state index in [1.165, 1.54) is 19.3 Å². The number of hydrogen-bond donors (Lipinski definition) is 2. The number of benzene rings is 1. The average molecular weight is 393 g/mol. The number of alkyl carbamates (subject to hydrolysis) is 1. The number of nitrogens with one attached hydrogen (secondary N) is 1. The maximum Gasteiger partial charge on any atom is 0.407 e. The second kappa shape index (κ2) is 9.45. The van der Waals surface area contributed by atoms with Gasteiger partial charge in [0.1, 0.15) is 6.61 Å². The molecule has 0 aliphatic heterocycles. The number of ether oxygens (including phenoxy) is 1. The molecule has 27 heavy (non-hydrogen) atoms. The lowest BCUT2D eigenvalue weighted by molar-refractivity contribution is 0.0973. The summed E-state index contributed by atoms with van der Waals surface area (Å²) in [6.45, 7) is 1.46. The summed E-state index contributed by atoms with van der Waals surface area (Å²) >= 11 is 0. The molecule has 0 saturated carbocycles. The molecular weight excluding hydrogens is 370 g/mol. The van der Waals surface area contributed by atoms with Gasteiger partial charge in [-0.1, -0.05) is 36.4 Å². The molecule has 0 aliphatic carbocycles. The molecule has 2 aromatic rings. The predicted octanol–water partition coefficient (Wildman–Crippen LogP) is 1.38. The fraction of sp³-hybridized carbons (Fsp3) is 0.333. The highest BCUT2D eigenvalue weighted by Crippen LogP contribution is 2.12. The normalized spacial score (nSPS) is 13.8. The van der Waals surface area contributed by atoms with Gasteiger partial charge >= 0.3 is 6.09 Å². The zero-order valence-electron chi connectivity index (χ0n) is 15.1. The molecule has 146 valence electrons. The molecular formula is C18H23N3O5S. The Morgan fingerprint density at radius 1 is 1.22 bits per heavy atom. The molecule has 1 heterocycles. The fourth-order valence-corrected chi connectivity index (χ4v) is 3.34. The third-order valence-electron chi connectivity index (χ3n) is 3.89. The number of nitrogens with zero attached hydrogens (tertiary/aromatic N) is 2. The first-order valence-corrected chi connectivity index (χ1v) is 9.77. The third-order valence-corrected chi connectivity index (χ3v) is 5.63. The Morgan fingerprint density at radius 3 is 2.52 bits per heavy atom. The number of sulfonamides is 1. The number of aliphatic hydroxyl groups excluding tert-OH is 1. The molecule has 2 N–H and O–H groups in total. The van der Waals surface area contributed by atoms with Crippen molar-refractivity contribution in [1.82, 2.24) is 14.6 Å². The summed E-state index contributed by atoms with van der Waals surface area (Å²) < 4.78 is 30.9. The quantitative estimate of drug-likeness (QED) is 0.701. The highest BCUT2D eigenvalue weighted by Gasteiger charge is 2.27. The Morgan fingerprint density at radius 2 is 1.89 bits per heavy atom. The molecule has 1 unspecified atom stereocenters. The first-order valence-electron chi connectivity index (χ1n) is 8.33. The number of amides is 1. The van der Waals surface area contributed by atoms with E-state index in [0.717, 1.165) is 9.87 Å². The molecule has 2 rings (SSSR count). The lowest BCUT2D eigenvalue weighted by Gasteiger charge is -2.24. The van der Waals surface area contributed by atoms with Gasteiger partial charge < -0.3 is 15.2 Å². The minimum atomic E-state index is -3.82. The molecule has 0 bridgehead atoms. The van der Waals surface area contributed by atoms with E-state index in [4.69, 9.17) is 4.74 Å². The Balaban J connectivity index is 1.85. The summed E-state index contributed by atoms with van der Waals surface area (Å²) in [5, 5.41) is 12.6. The molecule has 0 aliphatic rings. The van der Waals surface area contributed by atoms with Crippen LogP contribution in [0.25, 0.3) is 0 Å². The number of carbonyl (C=O) groups excluding carboxylic acids is 1. The van der Waals surface area contributed by atoms with Crippen LogP contribution < -0.4 is 5.32 Å². The Hall–Kier alpha value is -2.49. The van der Waals surface area contributed by atoms with E-state index in [2.05, 4.69) is 10.3 Å². The van der Waals surface area contributed by atoms with Crippen molar-refractivity contribution in [3.63, 3.8) is 0 Å². The van der Waals surface area contributed by atoms with Crippen LogP contribution in [0.3, 0.4) is 0 Å². The third kappa shape index (κ3) is 6.02. The van der Waals surface area contributed by atoms with Crippen molar-refractivity contribution in [3.05, 3.63) is 60.3 Å². The van der Waals surface area contributed by atoms with Gasteiger partial charge in [-0.15, -0.1) is 0 Å². The largest absolute Gasteiger partial charge is 0.445 e. The van der Waals surface area contributed by atoms with Crippen LogP contribution in [0.1, 0.15) is 12.5 Å². The maximum atomic E-state index is 12.4. The van der Waals surface area contributed by atoms with Crippen LogP contribution in [0.5, 0.6) is 0 Å². The Bertz CT molecular complexity index is 831. The maximum absolute atomic E-state index is 12.4. The molecule has 0 spiro atoms. The van der Waals surface area contributed by atoms with Crippen LogP contribution in [0.15, 0.2) is 59.8 Å². The summed E-state index contributed by atoms with van der Waals surface area (Å²) in [7, 11) is -2.48. The van der Waals surface area contributed by atoms with Crippen LogP contribution in [0, 0.1) is 0 Å². The van der Waals surface area contributed by atoms with E-state index in [0.29, 0.717) is 0 Å². The summed E-state index contributed by atoms with van der Waals surface area (Å²) in [4.78, 5) is 15.7. The Labute approximate surface area is 158 Å². The van der Waals surface area contributed by atoms with Gasteiger partial charge in [-0.2, -0.15) is 4.31 Å². The zero-order valence-corrected chi connectivity index (χ0v) is 16.0. The number of rotatable bonds is 8. The van der Waals surface area contributed by atoms with E-state index in [1.807, 2.05) is 30.3 Å². The summed E-state index contributed by atoms with van der Waals surface area (Å²) in [6.07, 6.45) is -0.442. The standard InChI is InChI=1S/C18H23N3O5S/c1-14(20-18(23)26-13-15-8-4-3-5-9-15)16(22)12-21(2)27(24,25)17-10-6-7-11-19-17/h3-11,14,16,22H,12-13H2,1-2H3,(H,20,23)/t14-,16?/m0/s1. The Kier molecular flexibility index (Phi) is 7.28. The van der Waals surface area contributed by atoms with Crippen LogP contribution >= 0.6 is 0 Å². The van der Waals surface area contributed by atoms with Crippen molar-refractivity contribution in [2.45, 2.75) is 30.7 Å². The average Bonchev–Trinajstić information content (AvgIpc) is 2.67. The van der Waals surface area contributed by atoms with Crippen LogP contribution in [-0.4, -0.2) is 54.6 Å². The SMILES string of the molecule is C[C@H](NC(=O)OCc1ccccc1)C(O)CN(C)S(=O)(=O)c1ccccn1. The number of carbonyl (C=O) groups is 1. The van der Waals surface area contributed by atoms with Gasteiger partial charge in [-0.25, -0.2) is 18.2 Å². The van der Waals surface area contributed by atoms with Gasteiger partial charge in [0.2, 0.25) is 0 Å². The van der Waals surface area contributed by atoms with Crippen molar-refractivity contribution in [1.29, 1.82) is 0 Å². The molecule has 9 heteroatoms. The van der Waals surface area contributed by atoms with Gasteiger partial charge in [0, 0.05) is 19.8 Å². The molecule has 8 nitrogen and oxygen atoms in total. The van der Waals surface area contributed by atoms with Crippen molar-refractivity contribution >= 4 is 16.1 Å². The van der Waals surface area contributed by atoms with E-state index < -0.39 is 28.3 Å². The highest BCUT2D eigenvalue weighted by molar-refractivity contribution is 7.89. The lowest BCUT2D eigenvalue weighted by Crippen LogP contribution is -2.47. The van der Waals surface area contributed by atoms with Crippen molar-refractivity contribution in [2.24, 2.45) is 0 Å². The molecule has 0 radical (unpaired) electrons. The topological polar surface area (TPSA) is 109 Å². The lowest BCUT2D eigenvalue weighted by atomic mass is 10.2. The van der Waals surface area contributed by atoms with Crippen molar-refractivity contribution in [2.75, 3.05) is 13.6 Å².